The highest BCUT2D eigenvalue weighted by Crippen LogP contribution is 2.54. The summed E-state index contributed by atoms with van der Waals surface area (Å²) < 4.78 is 6.52. The van der Waals surface area contributed by atoms with E-state index in [4.69, 9.17) is 4.74 Å². The zero-order valence-electron chi connectivity index (χ0n) is 16.3. The normalized spacial score (nSPS) is 26.3. The first-order chi connectivity index (χ1) is 12.8. The number of rotatable bonds is 2. The first-order valence-electron chi connectivity index (χ1n) is 9.79. The smallest absolute Gasteiger partial charge is 0.127 e. The molecule has 1 aliphatic carbocycles. The second-order valence-electron chi connectivity index (χ2n) is 8.96. The number of aromatic hydroxyl groups is 2. The van der Waals surface area contributed by atoms with Gasteiger partial charge in [-0.15, -0.1) is 0 Å². The van der Waals surface area contributed by atoms with Crippen LogP contribution in [0.5, 0.6) is 17.2 Å². The molecule has 1 aliphatic heterocycles. The first-order valence-corrected chi connectivity index (χ1v) is 9.79. The average molecular weight is 364 g/mol. The highest BCUT2D eigenvalue weighted by molar-refractivity contribution is 5.72. The summed E-state index contributed by atoms with van der Waals surface area (Å²) in [5, 5.41) is 20.1. The van der Waals surface area contributed by atoms with Gasteiger partial charge in [0.25, 0.3) is 0 Å². The number of hydrogen-bond acceptors (Lipinski definition) is 3. The second-order valence-corrected chi connectivity index (χ2v) is 8.96. The Morgan fingerprint density at radius 1 is 0.963 bits per heavy atom. The molecule has 142 valence electrons. The van der Waals surface area contributed by atoms with Crippen LogP contribution >= 0.6 is 0 Å². The van der Waals surface area contributed by atoms with Gasteiger partial charge < -0.3 is 14.9 Å². The molecule has 0 bridgehead atoms. The van der Waals surface area contributed by atoms with Gasteiger partial charge in [-0.25, -0.2) is 0 Å². The summed E-state index contributed by atoms with van der Waals surface area (Å²) in [5.74, 6) is 1.80. The van der Waals surface area contributed by atoms with Crippen molar-refractivity contribution in [1.82, 2.24) is 0 Å². The van der Waals surface area contributed by atoms with Crippen molar-refractivity contribution < 1.29 is 14.9 Å². The van der Waals surface area contributed by atoms with Gasteiger partial charge in [-0.05, 0) is 73.4 Å². The summed E-state index contributed by atoms with van der Waals surface area (Å²) >= 11 is 0. The van der Waals surface area contributed by atoms with E-state index in [0.717, 1.165) is 35.3 Å². The molecule has 0 radical (unpaired) electrons. The molecule has 2 aromatic rings. The Hall–Kier alpha value is -2.42. The van der Waals surface area contributed by atoms with E-state index < -0.39 is 0 Å². The van der Waals surface area contributed by atoms with Crippen LogP contribution in [-0.2, 0) is 6.42 Å². The molecule has 0 spiro atoms. The van der Waals surface area contributed by atoms with E-state index in [0.29, 0.717) is 11.7 Å². The predicted octanol–water partition coefficient (Wildman–Crippen LogP) is 5.79. The number of ether oxygens (including phenoxy) is 1. The lowest BCUT2D eigenvalue weighted by Gasteiger charge is -2.53. The van der Waals surface area contributed by atoms with Gasteiger partial charge in [-0.3, -0.25) is 0 Å². The van der Waals surface area contributed by atoms with Crippen LogP contribution in [0.1, 0.15) is 56.7 Å². The van der Waals surface area contributed by atoms with Crippen molar-refractivity contribution in [3.05, 3.63) is 53.1 Å². The maximum atomic E-state index is 10.7. The average Bonchev–Trinajstić information content (AvgIpc) is 2.59. The van der Waals surface area contributed by atoms with Crippen LogP contribution in [0.4, 0.5) is 0 Å². The molecular weight excluding hydrogens is 336 g/mol. The lowest BCUT2D eigenvalue weighted by atomic mass is 9.59. The van der Waals surface area contributed by atoms with E-state index in [1.54, 1.807) is 12.1 Å². The van der Waals surface area contributed by atoms with Crippen LogP contribution < -0.4 is 4.74 Å². The number of benzene rings is 2. The van der Waals surface area contributed by atoms with E-state index in [2.05, 4.69) is 20.8 Å². The third kappa shape index (κ3) is 3.31. The SMILES string of the molecule is CC1(C)CCC[C@]2(C)Oc3cc(/C=C\c4ccc(O)cc4)cc(O)c3C[C@H]12. The van der Waals surface area contributed by atoms with Crippen LogP contribution in [0.3, 0.4) is 0 Å². The Bertz CT molecular complexity index is 879. The van der Waals surface area contributed by atoms with Crippen molar-refractivity contribution in [2.75, 3.05) is 0 Å². The zero-order chi connectivity index (χ0) is 19.2. The molecule has 1 saturated carbocycles. The van der Waals surface area contributed by atoms with Crippen LogP contribution in [0.25, 0.3) is 12.2 Å². The van der Waals surface area contributed by atoms with Crippen molar-refractivity contribution in [3.8, 4) is 17.2 Å². The molecule has 0 amide bonds. The van der Waals surface area contributed by atoms with Gasteiger partial charge >= 0.3 is 0 Å². The summed E-state index contributed by atoms with van der Waals surface area (Å²) in [7, 11) is 0. The van der Waals surface area contributed by atoms with Crippen molar-refractivity contribution >= 4 is 12.2 Å². The summed E-state index contributed by atoms with van der Waals surface area (Å²) in [4.78, 5) is 0. The Morgan fingerprint density at radius 2 is 1.67 bits per heavy atom. The van der Waals surface area contributed by atoms with E-state index in [-0.39, 0.29) is 16.8 Å². The molecule has 3 heteroatoms. The molecule has 0 saturated heterocycles. The van der Waals surface area contributed by atoms with E-state index >= 15 is 0 Å². The van der Waals surface area contributed by atoms with Crippen molar-refractivity contribution in [2.45, 2.75) is 52.1 Å². The van der Waals surface area contributed by atoms with Gasteiger partial charge in [0.15, 0.2) is 0 Å². The predicted molar refractivity (Wildman–Crippen MR) is 109 cm³/mol. The molecule has 3 nitrogen and oxygen atoms in total. The lowest BCUT2D eigenvalue weighted by Crippen LogP contribution is -2.53. The third-order valence-electron chi connectivity index (χ3n) is 6.50. The van der Waals surface area contributed by atoms with Gasteiger partial charge in [-0.1, -0.05) is 38.1 Å². The summed E-state index contributed by atoms with van der Waals surface area (Å²) in [5.41, 5.74) is 2.90. The third-order valence-corrected chi connectivity index (χ3v) is 6.50. The molecule has 2 aromatic carbocycles. The molecule has 0 unspecified atom stereocenters. The Balaban J connectivity index is 1.66. The topological polar surface area (TPSA) is 49.7 Å². The first kappa shape index (κ1) is 18.0. The molecule has 2 aliphatic rings. The quantitative estimate of drug-likeness (QED) is 0.663. The fraction of sp³-hybridized carbons (Fsp3) is 0.417. The minimum absolute atomic E-state index is 0.166. The van der Waals surface area contributed by atoms with Crippen molar-refractivity contribution in [3.63, 3.8) is 0 Å². The molecular formula is C24H28O3. The van der Waals surface area contributed by atoms with Crippen LogP contribution in [-0.4, -0.2) is 15.8 Å². The van der Waals surface area contributed by atoms with E-state index in [1.807, 2.05) is 36.4 Å². The molecule has 27 heavy (non-hydrogen) atoms. The van der Waals surface area contributed by atoms with Crippen LogP contribution in [0.15, 0.2) is 36.4 Å². The number of phenolic OH excluding ortho intramolecular Hbond substituents is 2. The standard InChI is InChI=1S/C24H28O3/c1-23(2)11-4-12-24(3)22(23)15-19-20(26)13-17(14-21(19)27-24)6-5-16-7-9-18(25)10-8-16/h5-10,13-14,22,25-26H,4,11-12,15H2,1-3H3/b6-5-/t22-,24+/m1/s1. The van der Waals surface area contributed by atoms with E-state index in [9.17, 15) is 10.2 Å². The zero-order valence-corrected chi connectivity index (χ0v) is 16.3. The second kappa shape index (κ2) is 6.33. The summed E-state index contributed by atoms with van der Waals surface area (Å²) in [6, 6.07) is 10.9. The van der Waals surface area contributed by atoms with Gasteiger partial charge in [0.05, 0.1) is 0 Å². The van der Waals surface area contributed by atoms with Crippen LogP contribution in [0.2, 0.25) is 0 Å². The fourth-order valence-corrected chi connectivity index (χ4v) is 4.96. The largest absolute Gasteiger partial charge is 0.508 e. The number of fused-ring (bicyclic) bond motifs is 2. The number of phenols is 2. The number of hydrogen-bond donors (Lipinski definition) is 2. The maximum Gasteiger partial charge on any atom is 0.127 e. The van der Waals surface area contributed by atoms with Gasteiger partial charge in [0.1, 0.15) is 22.8 Å². The Labute approximate surface area is 161 Å². The van der Waals surface area contributed by atoms with Crippen molar-refractivity contribution in [2.24, 2.45) is 11.3 Å². The minimum atomic E-state index is -0.166. The highest BCUT2D eigenvalue weighted by Gasteiger charge is 2.51. The van der Waals surface area contributed by atoms with Gasteiger partial charge in [-0.2, -0.15) is 0 Å². The summed E-state index contributed by atoms with van der Waals surface area (Å²) in [6.07, 6.45) is 8.26. The fourth-order valence-electron chi connectivity index (χ4n) is 4.96. The Kier molecular flexibility index (Phi) is 4.21. The molecule has 1 heterocycles. The molecule has 4 rings (SSSR count). The molecule has 2 N–H and O–H groups in total. The maximum absolute atomic E-state index is 10.7. The molecule has 2 atom stereocenters. The Morgan fingerprint density at radius 3 is 2.41 bits per heavy atom. The van der Waals surface area contributed by atoms with Gasteiger partial charge in [0, 0.05) is 11.5 Å². The van der Waals surface area contributed by atoms with Gasteiger partial charge in [0.2, 0.25) is 0 Å². The lowest BCUT2D eigenvalue weighted by molar-refractivity contribution is -0.0819. The monoisotopic (exact) mass is 364 g/mol. The molecule has 1 fully saturated rings. The summed E-state index contributed by atoms with van der Waals surface area (Å²) in [6.45, 7) is 6.89. The van der Waals surface area contributed by atoms with E-state index in [1.165, 1.54) is 12.8 Å². The van der Waals surface area contributed by atoms with Crippen molar-refractivity contribution in [1.29, 1.82) is 0 Å². The molecule has 0 aromatic heterocycles. The minimum Gasteiger partial charge on any atom is -0.508 e. The highest BCUT2D eigenvalue weighted by atomic mass is 16.5. The van der Waals surface area contributed by atoms with Crippen LogP contribution in [0, 0.1) is 11.3 Å².